The molecule has 6 rings (SSSR count). The maximum absolute atomic E-state index is 14.2. The minimum atomic E-state index is -1.10. The van der Waals surface area contributed by atoms with E-state index < -0.39 is 17.6 Å². The van der Waals surface area contributed by atoms with Crippen LogP contribution < -0.4 is 10.1 Å². The summed E-state index contributed by atoms with van der Waals surface area (Å²) in [5, 5.41) is 3.08. The number of para-hydroxylation sites is 1. The number of amides is 3. The molecule has 1 aromatic heterocycles. The summed E-state index contributed by atoms with van der Waals surface area (Å²) in [5.74, 6) is 0.262. The third kappa shape index (κ3) is 5.19. The van der Waals surface area contributed by atoms with Gasteiger partial charge >= 0.3 is 0 Å². The summed E-state index contributed by atoms with van der Waals surface area (Å²) in [6, 6.07) is 20.2. The van der Waals surface area contributed by atoms with E-state index in [2.05, 4.69) is 10.3 Å². The predicted molar refractivity (Wildman–Crippen MR) is 150 cm³/mol. The first-order chi connectivity index (χ1) is 19.9. The number of benzene rings is 2. The molecular formula is C32H32N4O5. The Morgan fingerprint density at radius 2 is 1.56 bits per heavy atom. The second-order valence-electron chi connectivity index (χ2n) is 11.0. The number of ether oxygens (including phenoxy) is 1. The highest BCUT2D eigenvalue weighted by Crippen LogP contribution is 2.37. The van der Waals surface area contributed by atoms with E-state index in [4.69, 9.17) is 4.74 Å². The SMILES string of the molecule is O=C(NC1(C(=O)N2CCC3C2C(=O)CN3C(=O)c2ccccn2)CCCCC1)c1ccc(Oc2ccccc2)cc1. The molecule has 2 atom stereocenters. The first-order valence-corrected chi connectivity index (χ1v) is 14.2. The van der Waals surface area contributed by atoms with Crippen molar-refractivity contribution in [2.24, 2.45) is 0 Å². The summed E-state index contributed by atoms with van der Waals surface area (Å²) >= 11 is 0. The largest absolute Gasteiger partial charge is 0.457 e. The Balaban J connectivity index is 1.18. The quantitative estimate of drug-likeness (QED) is 0.495. The molecule has 9 heteroatoms. The molecule has 1 saturated carbocycles. The number of ketones is 1. The molecule has 41 heavy (non-hydrogen) atoms. The lowest BCUT2D eigenvalue weighted by Gasteiger charge is -2.40. The molecule has 1 aliphatic carbocycles. The molecule has 3 amide bonds. The number of aromatic nitrogens is 1. The Kier molecular flexibility index (Phi) is 7.26. The van der Waals surface area contributed by atoms with Gasteiger partial charge in [-0.05, 0) is 67.8 Å². The second-order valence-corrected chi connectivity index (χ2v) is 11.0. The Labute approximate surface area is 238 Å². The van der Waals surface area contributed by atoms with Crippen molar-refractivity contribution in [3.05, 3.63) is 90.3 Å². The third-order valence-electron chi connectivity index (χ3n) is 8.39. The average molecular weight is 553 g/mol. The highest BCUT2D eigenvalue weighted by Gasteiger charge is 2.55. The van der Waals surface area contributed by atoms with Crippen LogP contribution in [-0.2, 0) is 9.59 Å². The smallest absolute Gasteiger partial charge is 0.273 e. The van der Waals surface area contributed by atoms with Crippen molar-refractivity contribution in [2.45, 2.75) is 56.1 Å². The lowest BCUT2D eigenvalue weighted by Crippen LogP contribution is -2.62. The van der Waals surface area contributed by atoms with Crippen LogP contribution in [0.1, 0.15) is 59.4 Å². The molecule has 1 N–H and O–H groups in total. The van der Waals surface area contributed by atoms with Crippen molar-refractivity contribution in [3.63, 3.8) is 0 Å². The van der Waals surface area contributed by atoms with E-state index in [1.54, 1.807) is 58.5 Å². The van der Waals surface area contributed by atoms with E-state index >= 15 is 0 Å². The standard InChI is InChI=1S/C32H32N4O5/c37-27-21-36(30(39)25-11-5-8-19-33-25)26-16-20-35(28(26)27)31(40)32(17-6-2-7-18-32)34-29(38)22-12-14-24(15-13-22)41-23-9-3-1-4-10-23/h1,3-5,8-15,19,26,28H,2,6-7,16-18,20-21H2,(H,34,38). The minimum absolute atomic E-state index is 0.0503. The number of pyridine rings is 1. The first-order valence-electron chi connectivity index (χ1n) is 14.2. The van der Waals surface area contributed by atoms with Gasteiger partial charge in [0.25, 0.3) is 11.8 Å². The lowest BCUT2D eigenvalue weighted by molar-refractivity contribution is -0.143. The molecule has 9 nitrogen and oxygen atoms in total. The summed E-state index contributed by atoms with van der Waals surface area (Å²) < 4.78 is 5.84. The van der Waals surface area contributed by atoms with Gasteiger partial charge < -0.3 is 19.9 Å². The molecule has 3 aliphatic rings. The van der Waals surface area contributed by atoms with E-state index in [0.29, 0.717) is 42.9 Å². The van der Waals surface area contributed by atoms with Gasteiger partial charge in [0, 0.05) is 18.3 Å². The number of carbonyl (C=O) groups is 4. The van der Waals surface area contributed by atoms with E-state index in [1.807, 2.05) is 30.3 Å². The van der Waals surface area contributed by atoms with Crippen molar-refractivity contribution in [3.8, 4) is 11.5 Å². The molecular weight excluding hydrogens is 520 g/mol. The average Bonchev–Trinajstić information content (AvgIpc) is 3.59. The van der Waals surface area contributed by atoms with Crippen molar-refractivity contribution >= 4 is 23.5 Å². The van der Waals surface area contributed by atoms with E-state index in [9.17, 15) is 19.2 Å². The van der Waals surface area contributed by atoms with Crippen molar-refractivity contribution < 1.29 is 23.9 Å². The van der Waals surface area contributed by atoms with Crippen LogP contribution in [0.3, 0.4) is 0 Å². The minimum Gasteiger partial charge on any atom is -0.457 e. The van der Waals surface area contributed by atoms with E-state index in [0.717, 1.165) is 19.3 Å². The van der Waals surface area contributed by atoms with Gasteiger partial charge in [-0.1, -0.05) is 43.5 Å². The first kappa shape index (κ1) is 26.7. The van der Waals surface area contributed by atoms with Crippen molar-refractivity contribution in [1.29, 1.82) is 0 Å². The zero-order valence-corrected chi connectivity index (χ0v) is 22.7. The number of likely N-dealkylation sites (tertiary alicyclic amines) is 2. The molecule has 2 aliphatic heterocycles. The maximum atomic E-state index is 14.2. The van der Waals surface area contributed by atoms with Gasteiger partial charge in [0.05, 0.1) is 12.6 Å². The molecule has 0 bridgehead atoms. The normalized spacial score (nSPS) is 21.3. The molecule has 3 fully saturated rings. The number of carbonyl (C=O) groups excluding carboxylic acids is 4. The topological polar surface area (TPSA) is 109 Å². The van der Waals surface area contributed by atoms with Crippen LogP contribution in [0.5, 0.6) is 11.5 Å². The van der Waals surface area contributed by atoms with Crippen LogP contribution in [0.25, 0.3) is 0 Å². The van der Waals surface area contributed by atoms with Crippen LogP contribution in [-0.4, -0.2) is 69.0 Å². The van der Waals surface area contributed by atoms with Crippen LogP contribution in [0.4, 0.5) is 0 Å². The van der Waals surface area contributed by atoms with Gasteiger partial charge in [-0.25, -0.2) is 0 Å². The molecule has 3 heterocycles. The maximum Gasteiger partial charge on any atom is 0.273 e. The highest BCUT2D eigenvalue weighted by molar-refractivity contribution is 6.04. The fraction of sp³-hybridized carbons (Fsp3) is 0.344. The summed E-state index contributed by atoms with van der Waals surface area (Å²) in [7, 11) is 0. The Hall–Kier alpha value is -4.53. The number of hydrogen-bond donors (Lipinski definition) is 1. The molecule has 0 spiro atoms. The molecule has 2 saturated heterocycles. The van der Waals surface area contributed by atoms with Gasteiger partial charge in [-0.3, -0.25) is 24.2 Å². The lowest BCUT2D eigenvalue weighted by atomic mass is 9.80. The predicted octanol–water partition coefficient (Wildman–Crippen LogP) is 4.00. The number of fused-ring (bicyclic) bond motifs is 1. The van der Waals surface area contributed by atoms with Crippen LogP contribution in [0.2, 0.25) is 0 Å². The fourth-order valence-electron chi connectivity index (χ4n) is 6.37. The second kappa shape index (κ2) is 11.2. The van der Waals surface area contributed by atoms with E-state index in [-0.39, 0.29) is 35.7 Å². The van der Waals surface area contributed by atoms with Gasteiger partial charge in [-0.15, -0.1) is 0 Å². The monoisotopic (exact) mass is 552 g/mol. The summed E-state index contributed by atoms with van der Waals surface area (Å²) in [6.07, 6.45) is 5.65. The number of Topliss-reactive ketones (excluding diaryl/α,β-unsaturated/α-hetero) is 1. The molecule has 210 valence electrons. The molecule has 0 radical (unpaired) electrons. The van der Waals surface area contributed by atoms with Crippen molar-refractivity contribution in [2.75, 3.05) is 13.1 Å². The zero-order chi connectivity index (χ0) is 28.4. The summed E-state index contributed by atoms with van der Waals surface area (Å²) in [5.41, 5.74) is -0.393. The zero-order valence-electron chi connectivity index (χ0n) is 22.7. The van der Waals surface area contributed by atoms with Gasteiger partial charge in [0.1, 0.15) is 28.8 Å². The summed E-state index contributed by atoms with van der Waals surface area (Å²) in [6.45, 7) is 0.306. The van der Waals surface area contributed by atoms with Crippen LogP contribution in [0.15, 0.2) is 79.0 Å². The number of hydrogen-bond acceptors (Lipinski definition) is 6. The van der Waals surface area contributed by atoms with Crippen LogP contribution >= 0.6 is 0 Å². The Bertz CT molecular complexity index is 1440. The fourth-order valence-corrected chi connectivity index (χ4v) is 6.37. The molecule has 2 unspecified atom stereocenters. The Morgan fingerprint density at radius 1 is 0.854 bits per heavy atom. The van der Waals surface area contributed by atoms with Gasteiger partial charge in [0.2, 0.25) is 5.91 Å². The number of rotatable bonds is 6. The molecule has 2 aromatic carbocycles. The van der Waals surface area contributed by atoms with Crippen LogP contribution in [0, 0.1) is 0 Å². The van der Waals surface area contributed by atoms with E-state index in [1.165, 1.54) is 0 Å². The van der Waals surface area contributed by atoms with Crippen molar-refractivity contribution in [1.82, 2.24) is 20.1 Å². The van der Waals surface area contributed by atoms with Gasteiger partial charge in [-0.2, -0.15) is 0 Å². The number of nitrogens with zero attached hydrogens (tertiary/aromatic N) is 3. The summed E-state index contributed by atoms with van der Waals surface area (Å²) in [4.78, 5) is 61.3. The molecule has 3 aromatic rings. The third-order valence-corrected chi connectivity index (χ3v) is 8.39. The van der Waals surface area contributed by atoms with Gasteiger partial charge in [0.15, 0.2) is 5.78 Å². The number of nitrogens with one attached hydrogen (secondary N) is 1. The highest BCUT2D eigenvalue weighted by atomic mass is 16.5. The Morgan fingerprint density at radius 3 is 2.27 bits per heavy atom.